The van der Waals surface area contributed by atoms with Crippen LogP contribution in [-0.2, 0) is 14.1 Å². The molecule has 3 heterocycles. The Kier molecular flexibility index (Phi) is 4.36. The van der Waals surface area contributed by atoms with E-state index in [0.29, 0.717) is 5.69 Å². The number of thiazole rings is 1. The highest BCUT2D eigenvalue weighted by atomic mass is 32.1. The molecule has 1 aromatic carbocycles. The molecule has 0 fully saturated rings. The molecule has 8 nitrogen and oxygen atoms in total. The molecule has 0 saturated heterocycles. The molecular formula is C19H15N5O3S. The van der Waals surface area contributed by atoms with E-state index in [1.54, 1.807) is 12.3 Å². The van der Waals surface area contributed by atoms with Crippen LogP contribution in [0.4, 0.5) is 5.69 Å². The van der Waals surface area contributed by atoms with Gasteiger partial charge in [0.25, 0.3) is 11.5 Å². The molecule has 28 heavy (non-hydrogen) atoms. The van der Waals surface area contributed by atoms with Crippen LogP contribution in [0.15, 0.2) is 57.6 Å². The molecule has 0 atom stereocenters. The van der Waals surface area contributed by atoms with Crippen molar-refractivity contribution < 1.29 is 4.79 Å². The number of nitrogens with one attached hydrogen (secondary N) is 1. The lowest BCUT2D eigenvalue weighted by molar-refractivity contribution is 0.102. The third-order valence-corrected chi connectivity index (χ3v) is 5.16. The van der Waals surface area contributed by atoms with Gasteiger partial charge in [-0.2, -0.15) is 0 Å². The summed E-state index contributed by atoms with van der Waals surface area (Å²) in [4.78, 5) is 45.5. The number of amides is 1. The van der Waals surface area contributed by atoms with Gasteiger partial charge < -0.3 is 5.32 Å². The Bertz CT molecular complexity index is 1320. The van der Waals surface area contributed by atoms with Crippen LogP contribution in [0.2, 0.25) is 0 Å². The molecule has 1 N–H and O–H groups in total. The monoisotopic (exact) mass is 393 g/mol. The van der Waals surface area contributed by atoms with Gasteiger partial charge in [0, 0.05) is 36.9 Å². The second kappa shape index (κ2) is 6.86. The maximum atomic E-state index is 12.6. The third kappa shape index (κ3) is 3.01. The maximum absolute atomic E-state index is 12.6. The lowest BCUT2D eigenvalue weighted by Crippen LogP contribution is -2.37. The van der Waals surface area contributed by atoms with E-state index in [-0.39, 0.29) is 16.7 Å². The summed E-state index contributed by atoms with van der Waals surface area (Å²) in [6, 6.07) is 10.3. The third-order valence-electron chi connectivity index (χ3n) is 4.33. The quantitative estimate of drug-likeness (QED) is 0.574. The van der Waals surface area contributed by atoms with Gasteiger partial charge in [-0.05, 0) is 24.3 Å². The number of aryl methyl sites for hydroxylation is 1. The predicted molar refractivity (Wildman–Crippen MR) is 108 cm³/mol. The highest BCUT2D eigenvalue weighted by Gasteiger charge is 2.14. The number of rotatable bonds is 3. The highest BCUT2D eigenvalue weighted by Crippen LogP contribution is 2.24. The van der Waals surface area contributed by atoms with Gasteiger partial charge in [-0.1, -0.05) is 12.1 Å². The summed E-state index contributed by atoms with van der Waals surface area (Å²) in [6.07, 6.45) is 1.72. The van der Waals surface area contributed by atoms with Gasteiger partial charge in [-0.25, -0.2) is 14.8 Å². The minimum Gasteiger partial charge on any atom is -0.321 e. The molecule has 0 unspecified atom stereocenters. The number of anilines is 1. The fourth-order valence-electron chi connectivity index (χ4n) is 2.87. The molecule has 9 heteroatoms. The van der Waals surface area contributed by atoms with E-state index < -0.39 is 17.2 Å². The summed E-state index contributed by atoms with van der Waals surface area (Å²) < 4.78 is 2.25. The maximum Gasteiger partial charge on any atom is 0.332 e. The van der Waals surface area contributed by atoms with Gasteiger partial charge in [0.1, 0.15) is 16.3 Å². The Hall–Kier alpha value is -3.59. The first-order valence-electron chi connectivity index (χ1n) is 8.34. The molecule has 0 bridgehead atoms. The van der Waals surface area contributed by atoms with E-state index in [1.165, 1.54) is 42.1 Å². The first-order valence-corrected chi connectivity index (χ1v) is 9.22. The molecule has 0 aliphatic heterocycles. The van der Waals surface area contributed by atoms with Gasteiger partial charge in [0.2, 0.25) is 0 Å². The second-order valence-electron chi connectivity index (χ2n) is 6.15. The van der Waals surface area contributed by atoms with Crippen molar-refractivity contribution in [2.45, 2.75) is 0 Å². The fourth-order valence-corrected chi connectivity index (χ4v) is 3.51. The molecule has 1 amide bonds. The minimum absolute atomic E-state index is 0.107. The van der Waals surface area contributed by atoms with Gasteiger partial charge >= 0.3 is 5.69 Å². The van der Waals surface area contributed by atoms with Crippen LogP contribution in [0.5, 0.6) is 0 Å². The molecule has 0 radical (unpaired) electrons. The average molecular weight is 393 g/mol. The van der Waals surface area contributed by atoms with Crippen molar-refractivity contribution >= 4 is 34.0 Å². The van der Waals surface area contributed by atoms with Crippen molar-refractivity contribution in [3.63, 3.8) is 0 Å². The lowest BCUT2D eigenvalue weighted by Gasteiger charge is -2.09. The number of nitrogens with zero attached hydrogens (tertiary/aromatic N) is 4. The van der Waals surface area contributed by atoms with Crippen LogP contribution in [-0.4, -0.2) is 25.0 Å². The fraction of sp³-hybridized carbons (Fsp3) is 0.105. The number of carbonyl (C=O) groups excluding carboxylic acids is 1. The van der Waals surface area contributed by atoms with Crippen LogP contribution in [0.25, 0.3) is 21.6 Å². The largest absolute Gasteiger partial charge is 0.332 e. The molecule has 0 saturated carbocycles. The standard InChI is InChI=1S/C19H15N5O3S/c1-23-15-13(18(26)24(2)19(23)27)6-7-14(22-15)16(25)21-12-5-3-4-11(10-12)17-20-8-9-28-17/h3-10H,1-2H3,(H,21,25). The molecular weight excluding hydrogens is 378 g/mol. The predicted octanol–water partition coefficient (Wildman–Crippen LogP) is 2.01. The van der Waals surface area contributed by atoms with Crippen LogP contribution < -0.4 is 16.6 Å². The topological polar surface area (TPSA) is 98.9 Å². The Morgan fingerprint density at radius 2 is 1.93 bits per heavy atom. The normalized spacial score (nSPS) is 10.9. The molecule has 0 aliphatic carbocycles. The van der Waals surface area contributed by atoms with Crippen molar-refractivity contribution in [3.05, 3.63) is 74.5 Å². The van der Waals surface area contributed by atoms with Crippen LogP contribution in [0.3, 0.4) is 0 Å². The number of carbonyl (C=O) groups is 1. The van der Waals surface area contributed by atoms with Crippen molar-refractivity contribution in [1.29, 1.82) is 0 Å². The van der Waals surface area contributed by atoms with Crippen molar-refractivity contribution in [3.8, 4) is 10.6 Å². The summed E-state index contributed by atoms with van der Waals surface area (Å²) in [7, 11) is 2.91. The Labute approximate surface area is 162 Å². The van der Waals surface area contributed by atoms with E-state index in [1.807, 2.05) is 23.6 Å². The molecule has 140 valence electrons. The zero-order valence-corrected chi connectivity index (χ0v) is 15.9. The molecule has 3 aromatic heterocycles. The summed E-state index contributed by atoms with van der Waals surface area (Å²) in [6.45, 7) is 0. The number of hydrogen-bond donors (Lipinski definition) is 1. The van der Waals surface area contributed by atoms with Gasteiger partial charge in [-0.3, -0.25) is 18.7 Å². The van der Waals surface area contributed by atoms with E-state index >= 15 is 0 Å². The number of benzene rings is 1. The molecule has 4 rings (SSSR count). The summed E-state index contributed by atoms with van der Waals surface area (Å²) in [5, 5.41) is 5.80. The number of aromatic nitrogens is 4. The zero-order chi connectivity index (χ0) is 19.8. The minimum atomic E-state index is -0.501. The van der Waals surface area contributed by atoms with Crippen molar-refractivity contribution in [2.75, 3.05) is 5.32 Å². The van der Waals surface area contributed by atoms with E-state index in [0.717, 1.165) is 15.1 Å². The summed E-state index contributed by atoms with van der Waals surface area (Å²) in [5.41, 5.74) is 0.808. The van der Waals surface area contributed by atoms with Crippen molar-refractivity contribution in [2.24, 2.45) is 14.1 Å². The molecule has 0 spiro atoms. The van der Waals surface area contributed by atoms with E-state index in [4.69, 9.17) is 0 Å². The van der Waals surface area contributed by atoms with Gasteiger partial charge in [-0.15, -0.1) is 11.3 Å². The number of pyridine rings is 1. The van der Waals surface area contributed by atoms with E-state index in [9.17, 15) is 14.4 Å². The number of fused-ring (bicyclic) bond motifs is 1. The summed E-state index contributed by atoms with van der Waals surface area (Å²) in [5.74, 6) is -0.439. The van der Waals surface area contributed by atoms with Crippen molar-refractivity contribution in [1.82, 2.24) is 19.1 Å². The first kappa shape index (κ1) is 17.8. The van der Waals surface area contributed by atoms with Crippen LogP contribution >= 0.6 is 11.3 Å². The van der Waals surface area contributed by atoms with Gasteiger partial charge in [0.05, 0.1) is 5.39 Å². The smallest absolute Gasteiger partial charge is 0.321 e. The SMILES string of the molecule is Cn1c(=O)c2ccc(C(=O)Nc3cccc(-c4nccs4)c3)nc2n(C)c1=O. The highest BCUT2D eigenvalue weighted by molar-refractivity contribution is 7.13. The zero-order valence-electron chi connectivity index (χ0n) is 15.0. The van der Waals surface area contributed by atoms with E-state index in [2.05, 4.69) is 15.3 Å². The Morgan fingerprint density at radius 3 is 2.68 bits per heavy atom. The Balaban J connectivity index is 1.69. The van der Waals surface area contributed by atoms with Gasteiger partial charge in [0.15, 0.2) is 0 Å². The van der Waals surface area contributed by atoms with Crippen LogP contribution in [0, 0.1) is 0 Å². The Morgan fingerprint density at radius 1 is 1.11 bits per heavy atom. The molecule has 0 aliphatic rings. The van der Waals surface area contributed by atoms with Crippen LogP contribution in [0.1, 0.15) is 10.5 Å². The summed E-state index contributed by atoms with van der Waals surface area (Å²) >= 11 is 1.51. The molecule has 4 aromatic rings. The number of hydrogen-bond acceptors (Lipinski definition) is 6. The average Bonchev–Trinajstić information content (AvgIpc) is 3.25. The lowest BCUT2D eigenvalue weighted by atomic mass is 10.2. The second-order valence-corrected chi connectivity index (χ2v) is 7.04. The first-order chi connectivity index (χ1) is 13.5.